The van der Waals surface area contributed by atoms with E-state index in [-0.39, 0.29) is 20.0 Å². The van der Waals surface area contributed by atoms with Crippen LogP contribution in [0.15, 0.2) is 18.2 Å². The maximum absolute atomic E-state index is 11.9. The third-order valence-electron chi connectivity index (χ3n) is 2.54. The van der Waals surface area contributed by atoms with Crippen molar-refractivity contribution in [2.45, 2.75) is 13.8 Å². The van der Waals surface area contributed by atoms with Crippen molar-refractivity contribution in [2.24, 2.45) is 0 Å². The summed E-state index contributed by atoms with van der Waals surface area (Å²) >= 11 is 0. The molecule has 0 atom stereocenters. The molecule has 2 amide bonds. The Bertz CT molecular complexity index is 533. The van der Waals surface area contributed by atoms with Gasteiger partial charge in [0.2, 0.25) is 6.79 Å². The number of carbonyl (C=O) groups is 2. The summed E-state index contributed by atoms with van der Waals surface area (Å²) in [6.07, 6.45) is -1.49. The van der Waals surface area contributed by atoms with E-state index >= 15 is 0 Å². The van der Waals surface area contributed by atoms with Crippen LogP contribution in [0.3, 0.4) is 0 Å². The number of ether oxygens (including phenoxy) is 4. The third kappa shape index (κ3) is 3.47. The van der Waals surface area contributed by atoms with Crippen LogP contribution in [0.4, 0.5) is 15.3 Å². The van der Waals surface area contributed by atoms with Crippen molar-refractivity contribution in [3.63, 3.8) is 0 Å². The van der Waals surface area contributed by atoms with E-state index in [1.54, 1.807) is 32.0 Å². The van der Waals surface area contributed by atoms with Crippen LogP contribution in [0.1, 0.15) is 13.8 Å². The molecule has 0 aliphatic carbocycles. The molecular weight excluding hydrogens is 280 g/mol. The minimum absolute atomic E-state index is 0.115. The number of benzene rings is 1. The third-order valence-corrected chi connectivity index (χ3v) is 2.54. The van der Waals surface area contributed by atoms with Crippen LogP contribution in [-0.4, -0.2) is 32.2 Å². The summed E-state index contributed by atoms with van der Waals surface area (Å²) < 4.78 is 20.1. The number of nitrogens with zero attached hydrogens (tertiary/aromatic N) is 1. The average molecular weight is 296 g/mol. The number of carbonyl (C=O) groups excluding carboxylic acids is 2. The van der Waals surface area contributed by atoms with E-state index < -0.39 is 12.2 Å². The molecule has 0 spiro atoms. The molecule has 1 N–H and O–H groups in total. The Kier molecular flexibility index (Phi) is 4.70. The summed E-state index contributed by atoms with van der Waals surface area (Å²) in [5, 5.41) is 0.948. The quantitative estimate of drug-likeness (QED) is 0.859. The van der Waals surface area contributed by atoms with Crippen molar-refractivity contribution in [1.82, 2.24) is 5.43 Å². The lowest BCUT2D eigenvalue weighted by Gasteiger charge is -2.22. The number of amides is 2. The lowest BCUT2D eigenvalue weighted by atomic mass is 10.3. The highest BCUT2D eigenvalue weighted by atomic mass is 16.7. The minimum Gasteiger partial charge on any atom is -0.454 e. The van der Waals surface area contributed by atoms with Gasteiger partial charge in [-0.05, 0) is 26.0 Å². The molecule has 0 radical (unpaired) electrons. The molecule has 0 saturated carbocycles. The van der Waals surface area contributed by atoms with Crippen LogP contribution >= 0.6 is 0 Å². The molecule has 0 fully saturated rings. The highest BCUT2D eigenvalue weighted by molar-refractivity contribution is 5.90. The Morgan fingerprint density at radius 2 is 1.90 bits per heavy atom. The normalized spacial score (nSPS) is 11.7. The van der Waals surface area contributed by atoms with E-state index in [1.807, 2.05) is 0 Å². The maximum atomic E-state index is 11.9. The molecule has 0 unspecified atom stereocenters. The van der Waals surface area contributed by atoms with Crippen molar-refractivity contribution in [1.29, 1.82) is 0 Å². The van der Waals surface area contributed by atoms with Crippen LogP contribution in [0.5, 0.6) is 11.5 Å². The van der Waals surface area contributed by atoms with Crippen LogP contribution < -0.4 is 19.9 Å². The molecule has 21 heavy (non-hydrogen) atoms. The Labute approximate surface area is 121 Å². The molecule has 8 heteroatoms. The molecule has 1 aromatic rings. The fourth-order valence-corrected chi connectivity index (χ4v) is 1.68. The van der Waals surface area contributed by atoms with Crippen molar-refractivity contribution in [3.05, 3.63) is 18.2 Å². The zero-order chi connectivity index (χ0) is 15.2. The minimum atomic E-state index is -0.761. The molecule has 1 aromatic carbocycles. The number of hydrogen-bond acceptors (Lipinski definition) is 6. The molecule has 1 aliphatic rings. The summed E-state index contributed by atoms with van der Waals surface area (Å²) in [6.45, 7) is 3.80. The van der Waals surface area contributed by atoms with E-state index in [9.17, 15) is 9.59 Å². The molecule has 0 aromatic heterocycles. The van der Waals surface area contributed by atoms with Gasteiger partial charge in [0.1, 0.15) is 0 Å². The van der Waals surface area contributed by atoms with Crippen molar-refractivity contribution < 1.29 is 28.5 Å². The van der Waals surface area contributed by atoms with E-state index in [2.05, 4.69) is 5.43 Å². The topological polar surface area (TPSA) is 86.3 Å². The Hall–Kier alpha value is -2.64. The molecule has 0 saturated heterocycles. The molecule has 1 heterocycles. The molecular formula is C13H16N2O6. The summed E-state index contributed by atoms with van der Waals surface area (Å²) in [6, 6.07) is 4.79. The van der Waals surface area contributed by atoms with Gasteiger partial charge < -0.3 is 18.9 Å². The van der Waals surface area contributed by atoms with Gasteiger partial charge in [-0.25, -0.2) is 15.0 Å². The summed E-state index contributed by atoms with van der Waals surface area (Å²) in [5.41, 5.74) is 2.68. The second-order valence-electron chi connectivity index (χ2n) is 3.90. The van der Waals surface area contributed by atoms with Crippen LogP contribution in [0.2, 0.25) is 0 Å². The summed E-state index contributed by atoms with van der Waals surface area (Å²) in [5.74, 6) is 1.05. The van der Waals surface area contributed by atoms with Crippen LogP contribution in [-0.2, 0) is 9.47 Å². The first-order valence-electron chi connectivity index (χ1n) is 6.45. The Morgan fingerprint density at radius 1 is 1.19 bits per heavy atom. The highest BCUT2D eigenvalue weighted by Gasteiger charge is 2.23. The number of anilines is 1. The number of nitrogens with one attached hydrogen (secondary N) is 1. The SMILES string of the molecule is CCOC(=O)NN(C(=O)OCC)c1ccc2c(c1)OCO2. The first-order chi connectivity index (χ1) is 10.2. The first-order valence-corrected chi connectivity index (χ1v) is 6.45. The second kappa shape index (κ2) is 6.69. The van der Waals surface area contributed by atoms with Gasteiger partial charge in [0, 0.05) is 6.07 Å². The number of hydrogen-bond donors (Lipinski definition) is 1. The zero-order valence-electron chi connectivity index (χ0n) is 11.8. The molecule has 8 nitrogen and oxygen atoms in total. The van der Waals surface area contributed by atoms with E-state index in [4.69, 9.17) is 18.9 Å². The van der Waals surface area contributed by atoms with Gasteiger partial charge in [-0.3, -0.25) is 0 Å². The highest BCUT2D eigenvalue weighted by Crippen LogP contribution is 2.35. The standard InChI is InChI=1S/C13H16N2O6/c1-3-18-12(16)14-15(13(17)19-4-2)9-5-6-10-11(7-9)21-8-20-10/h5-7H,3-4,8H2,1-2H3,(H,14,16). The van der Waals surface area contributed by atoms with Gasteiger partial charge >= 0.3 is 12.2 Å². The lowest BCUT2D eigenvalue weighted by molar-refractivity contribution is 0.138. The fourth-order valence-electron chi connectivity index (χ4n) is 1.68. The smallest absolute Gasteiger partial charge is 0.433 e. The van der Waals surface area contributed by atoms with Crippen LogP contribution in [0.25, 0.3) is 0 Å². The predicted molar refractivity (Wildman–Crippen MR) is 72.2 cm³/mol. The largest absolute Gasteiger partial charge is 0.454 e. The van der Waals surface area contributed by atoms with E-state index in [0.717, 1.165) is 5.01 Å². The van der Waals surface area contributed by atoms with Crippen molar-refractivity contribution in [2.75, 3.05) is 25.0 Å². The lowest BCUT2D eigenvalue weighted by Crippen LogP contribution is -2.47. The Morgan fingerprint density at radius 3 is 2.62 bits per heavy atom. The van der Waals surface area contributed by atoms with E-state index in [0.29, 0.717) is 17.2 Å². The molecule has 0 bridgehead atoms. The number of rotatable bonds is 3. The summed E-state index contributed by atoms with van der Waals surface area (Å²) in [4.78, 5) is 23.5. The Balaban J connectivity index is 2.21. The van der Waals surface area contributed by atoms with Gasteiger partial charge in [0.25, 0.3) is 0 Å². The van der Waals surface area contributed by atoms with Crippen LogP contribution in [0, 0.1) is 0 Å². The van der Waals surface area contributed by atoms with Gasteiger partial charge in [-0.2, -0.15) is 5.01 Å². The average Bonchev–Trinajstić information content (AvgIpc) is 2.92. The maximum Gasteiger partial charge on any atom is 0.433 e. The molecule has 1 aliphatic heterocycles. The van der Waals surface area contributed by atoms with Gasteiger partial charge in [0.15, 0.2) is 11.5 Å². The second-order valence-corrected chi connectivity index (χ2v) is 3.90. The van der Waals surface area contributed by atoms with E-state index in [1.165, 1.54) is 0 Å². The predicted octanol–water partition coefficient (Wildman–Crippen LogP) is 2.04. The molecule has 114 valence electrons. The van der Waals surface area contributed by atoms with Crippen molar-refractivity contribution >= 4 is 17.9 Å². The van der Waals surface area contributed by atoms with Crippen molar-refractivity contribution in [3.8, 4) is 11.5 Å². The fraction of sp³-hybridized carbons (Fsp3) is 0.385. The summed E-state index contributed by atoms with van der Waals surface area (Å²) in [7, 11) is 0. The van der Waals surface area contributed by atoms with Gasteiger partial charge in [-0.15, -0.1) is 0 Å². The van der Waals surface area contributed by atoms with Gasteiger partial charge in [-0.1, -0.05) is 0 Å². The molecule has 2 rings (SSSR count). The first kappa shape index (κ1) is 14.8. The zero-order valence-corrected chi connectivity index (χ0v) is 11.8. The number of hydrazine groups is 1. The monoisotopic (exact) mass is 296 g/mol. The number of fused-ring (bicyclic) bond motifs is 1. The van der Waals surface area contributed by atoms with Gasteiger partial charge in [0.05, 0.1) is 18.9 Å².